The van der Waals surface area contributed by atoms with Gasteiger partial charge in [0, 0.05) is 5.56 Å². The van der Waals surface area contributed by atoms with Crippen molar-refractivity contribution >= 4 is 29.1 Å². The number of hydrogen-bond acceptors (Lipinski definition) is 4. The van der Waals surface area contributed by atoms with Gasteiger partial charge in [-0.3, -0.25) is 4.79 Å². The molecule has 0 unspecified atom stereocenters. The second kappa shape index (κ2) is 7.42. The Morgan fingerprint density at radius 1 is 1.26 bits per heavy atom. The summed E-state index contributed by atoms with van der Waals surface area (Å²) >= 11 is 1.77. The number of fused-ring (bicyclic) bond motifs is 1. The summed E-state index contributed by atoms with van der Waals surface area (Å²) in [5.41, 5.74) is 2.55. The van der Waals surface area contributed by atoms with Crippen LogP contribution in [0.3, 0.4) is 0 Å². The number of nitrogens with one attached hydrogen (secondary N) is 1. The van der Waals surface area contributed by atoms with Crippen LogP contribution in [-0.2, 0) is 0 Å². The average Bonchev–Trinajstić information content (AvgIpc) is 3.03. The predicted octanol–water partition coefficient (Wildman–Crippen LogP) is 3.09. The third-order valence-corrected chi connectivity index (χ3v) is 4.55. The molecule has 0 bridgehead atoms. The zero-order valence-electron chi connectivity index (χ0n) is 13.0. The maximum atomic E-state index is 12.5. The van der Waals surface area contributed by atoms with Gasteiger partial charge in [-0.15, -0.1) is 0 Å². The van der Waals surface area contributed by atoms with Gasteiger partial charge in [-0.1, -0.05) is 36.4 Å². The molecule has 1 aliphatic carbocycles. The summed E-state index contributed by atoms with van der Waals surface area (Å²) in [6.45, 7) is 0. The molecule has 1 aromatic rings. The molecule has 0 spiro atoms. The minimum atomic E-state index is -0.0995. The van der Waals surface area contributed by atoms with Crippen LogP contribution in [0.4, 0.5) is 0 Å². The number of benzene rings is 1. The number of hydrogen-bond donors (Lipinski definition) is 1. The van der Waals surface area contributed by atoms with Crippen molar-refractivity contribution in [1.29, 1.82) is 0 Å². The van der Waals surface area contributed by atoms with Crippen molar-refractivity contribution in [2.45, 2.75) is 12.5 Å². The van der Waals surface area contributed by atoms with Gasteiger partial charge in [0.2, 0.25) is 0 Å². The fraction of sp³-hybridized carbons (Fsp3) is 0.278. The van der Waals surface area contributed by atoms with Crippen LogP contribution >= 0.6 is 11.8 Å². The smallest absolute Gasteiger partial charge is 0.251 e. The van der Waals surface area contributed by atoms with Crippen LogP contribution < -0.4 is 5.32 Å². The number of thioether (sulfide) groups is 1. The first-order valence-electron chi connectivity index (χ1n) is 7.64. The highest BCUT2D eigenvalue weighted by molar-refractivity contribution is 7.98. The molecule has 0 saturated carbocycles. The largest absolute Gasteiger partial charge is 0.344 e. The Labute approximate surface area is 140 Å². The lowest BCUT2D eigenvalue weighted by molar-refractivity contribution is 0.0946. The molecule has 23 heavy (non-hydrogen) atoms. The van der Waals surface area contributed by atoms with Gasteiger partial charge >= 0.3 is 0 Å². The van der Waals surface area contributed by atoms with E-state index in [1.165, 1.54) is 0 Å². The Kier molecular flexibility index (Phi) is 5.08. The molecule has 1 aliphatic heterocycles. The fourth-order valence-corrected chi connectivity index (χ4v) is 3.17. The molecule has 1 heterocycles. The van der Waals surface area contributed by atoms with Gasteiger partial charge in [-0.05, 0) is 36.6 Å². The molecular formula is C18H19N3OS. The third-order valence-electron chi connectivity index (χ3n) is 3.91. The summed E-state index contributed by atoms with van der Waals surface area (Å²) < 4.78 is 0. The molecule has 4 nitrogen and oxygen atoms in total. The number of carbonyl (C=O) groups excluding carboxylic acids is 1. The fourth-order valence-electron chi connectivity index (χ4n) is 2.70. The predicted molar refractivity (Wildman–Crippen MR) is 97.3 cm³/mol. The maximum absolute atomic E-state index is 12.5. The molecule has 0 fully saturated rings. The van der Waals surface area contributed by atoms with Crippen LogP contribution in [0.1, 0.15) is 16.8 Å². The first-order chi connectivity index (χ1) is 11.3. The highest BCUT2D eigenvalue weighted by atomic mass is 32.2. The molecule has 1 amide bonds. The summed E-state index contributed by atoms with van der Waals surface area (Å²) in [7, 11) is 0. The van der Waals surface area contributed by atoms with Crippen molar-refractivity contribution in [2.24, 2.45) is 16.1 Å². The Hall–Kier alpha value is -2.14. The first-order valence-corrected chi connectivity index (χ1v) is 9.04. The van der Waals surface area contributed by atoms with Gasteiger partial charge in [0.25, 0.3) is 5.91 Å². The summed E-state index contributed by atoms with van der Waals surface area (Å²) in [6, 6.07) is 9.19. The number of nitrogens with zero attached hydrogens (tertiary/aromatic N) is 2. The molecule has 118 valence electrons. The molecule has 0 radical (unpaired) electrons. The lowest BCUT2D eigenvalue weighted by Gasteiger charge is -2.22. The number of allylic oxidation sites excluding steroid dienone is 4. The van der Waals surface area contributed by atoms with E-state index >= 15 is 0 Å². The van der Waals surface area contributed by atoms with Gasteiger partial charge in [0.15, 0.2) is 0 Å². The highest BCUT2D eigenvalue weighted by Crippen LogP contribution is 2.22. The van der Waals surface area contributed by atoms with E-state index in [1.54, 1.807) is 11.8 Å². The Morgan fingerprint density at radius 2 is 2.09 bits per heavy atom. The molecule has 0 saturated heterocycles. The van der Waals surface area contributed by atoms with Crippen molar-refractivity contribution in [3.63, 3.8) is 0 Å². The molecule has 1 N–H and O–H groups in total. The van der Waals surface area contributed by atoms with Crippen LogP contribution in [-0.4, -0.2) is 35.4 Å². The van der Waals surface area contributed by atoms with E-state index < -0.39 is 0 Å². The van der Waals surface area contributed by atoms with E-state index in [-0.39, 0.29) is 17.9 Å². The van der Waals surface area contributed by atoms with Crippen LogP contribution in [0.15, 0.2) is 64.8 Å². The highest BCUT2D eigenvalue weighted by Gasteiger charge is 2.31. The van der Waals surface area contributed by atoms with Crippen molar-refractivity contribution in [3.8, 4) is 0 Å². The lowest BCUT2D eigenvalue weighted by atomic mass is 9.89. The van der Waals surface area contributed by atoms with E-state index in [0.29, 0.717) is 5.56 Å². The Balaban J connectivity index is 1.75. The minimum absolute atomic E-state index is 0.0665. The molecule has 2 aliphatic rings. The van der Waals surface area contributed by atoms with Crippen LogP contribution in [0.2, 0.25) is 0 Å². The van der Waals surface area contributed by atoms with Gasteiger partial charge in [0.05, 0.1) is 23.4 Å². The maximum Gasteiger partial charge on any atom is 0.251 e. The zero-order valence-corrected chi connectivity index (χ0v) is 13.8. The van der Waals surface area contributed by atoms with Crippen LogP contribution in [0.25, 0.3) is 0 Å². The topological polar surface area (TPSA) is 53.8 Å². The summed E-state index contributed by atoms with van der Waals surface area (Å²) in [5.74, 6) is 0.978. The van der Waals surface area contributed by atoms with E-state index in [1.807, 2.05) is 48.6 Å². The van der Waals surface area contributed by atoms with Crippen LogP contribution in [0.5, 0.6) is 0 Å². The van der Waals surface area contributed by atoms with E-state index in [2.05, 4.69) is 27.9 Å². The molecule has 5 heteroatoms. The summed E-state index contributed by atoms with van der Waals surface area (Å²) in [6.07, 6.45) is 11.0. The molecule has 2 atom stereocenters. The summed E-state index contributed by atoms with van der Waals surface area (Å²) in [4.78, 5) is 12.5. The standard InChI is InChI=1S/C18H19N3OS/c1-23-12-11-16(19-18(22)13-7-3-2-4-8-13)17-14-9-5-6-10-15(14)20-21-17/h2-10,14,16H,11-12H2,1H3,(H,19,22)/t14-,16-/m0/s1. The van der Waals surface area contributed by atoms with Gasteiger partial charge in [-0.2, -0.15) is 22.0 Å². The summed E-state index contributed by atoms with van der Waals surface area (Å²) in [5, 5.41) is 11.7. The SMILES string of the molecule is CSCC[C@H](NC(=O)c1ccccc1)C1=NN=C2C=CC=C[C@@H]21. The van der Waals surface area contributed by atoms with Crippen molar-refractivity contribution < 1.29 is 4.79 Å². The quantitative estimate of drug-likeness (QED) is 0.874. The van der Waals surface area contributed by atoms with Gasteiger partial charge in [-0.25, -0.2) is 0 Å². The Bertz CT molecular complexity index is 691. The normalized spacial score (nSPS) is 19.8. The second-order valence-corrected chi connectivity index (χ2v) is 6.43. The Morgan fingerprint density at radius 3 is 2.87 bits per heavy atom. The minimum Gasteiger partial charge on any atom is -0.344 e. The third kappa shape index (κ3) is 3.62. The first kappa shape index (κ1) is 15.7. The monoisotopic (exact) mass is 325 g/mol. The van der Waals surface area contributed by atoms with Gasteiger partial charge < -0.3 is 5.32 Å². The van der Waals surface area contributed by atoms with Crippen molar-refractivity contribution in [2.75, 3.05) is 12.0 Å². The van der Waals surface area contributed by atoms with E-state index in [0.717, 1.165) is 23.6 Å². The lowest BCUT2D eigenvalue weighted by Crippen LogP contribution is -2.44. The zero-order chi connectivity index (χ0) is 16.1. The number of carbonyl (C=O) groups is 1. The molecule has 1 aromatic carbocycles. The van der Waals surface area contributed by atoms with Gasteiger partial charge in [0.1, 0.15) is 0 Å². The average molecular weight is 325 g/mol. The van der Waals surface area contributed by atoms with Crippen LogP contribution in [0, 0.1) is 5.92 Å². The molecular weight excluding hydrogens is 306 g/mol. The van der Waals surface area contributed by atoms with E-state index in [4.69, 9.17) is 0 Å². The number of amides is 1. The molecule has 3 rings (SSSR count). The molecule has 0 aromatic heterocycles. The number of rotatable bonds is 6. The van der Waals surface area contributed by atoms with E-state index in [9.17, 15) is 4.79 Å². The second-order valence-electron chi connectivity index (χ2n) is 5.44. The van der Waals surface area contributed by atoms with Crippen molar-refractivity contribution in [3.05, 3.63) is 60.2 Å². The van der Waals surface area contributed by atoms with Crippen molar-refractivity contribution in [1.82, 2.24) is 5.32 Å².